The van der Waals surface area contributed by atoms with Crippen molar-refractivity contribution in [2.45, 2.75) is 13.0 Å². The largest absolute Gasteiger partial charge is 0.368 e. The Balaban J connectivity index is 1.28. The van der Waals surface area contributed by atoms with Crippen LogP contribution in [0.2, 0.25) is 0 Å². The SMILES string of the molecule is Fc1ccc(N2CCN(C3=NCN(Cc4ccc(C(F)F)s4)C=N3)CC2)cc1. The number of anilines is 1. The first-order valence-corrected chi connectivity index (χ1v) is 9.85. The number of hydrogen-bond donors (Lipinski definition) is 0. The third-order valence-electron chi connectivity index (χ3n) is 4.74. The molecule has 9 heteroatoms. The molecule has 2 aliphatic rings. The molecule has 1 aromatic carbocycles. The van der Waals surface area contributed by atoms with Crippen molar-refractivity contribution in [3.63, 3.8) is 0 Å². The van der Waals surface area contributed by atoms with Gasteiger partial charge in [-0.1, -0.05) is 0 Å². The molecule has 1 aromatic heterocycles. The van der Waals surface area contributed by atoms with Crippen molar-refractivity contribution < 1.29 is 13.2 Å². The van der Waals surface area contributed by atoms with Crippen molar-refractivity contribution in [1.82, 2.24) is 9.80 Å². The Bertz CT molecular complexity index is 857. The maximum atomic E-state index is 13.1. The van der Waals surface area contributed by atoms with E-state index in [1.54, 1.807) is 24.5 Å². The smallest absolute Gasteiger partial charge is 0.272 e. The van der Waals surface area contributed by atoms with Gasteiger partial charge in [0.15, 0.2) is 0 Å². The van der Waals surface area contributed by atoms with E-state index in [1.165, 1.54) is 18.2 Å². The van der Waals surface area contributed by atoms with Gasteiger partial charge in [-0.2, -0.15) is 0 Å². The van der Waals surface area contributed by atoms with Crippen LogP contribution < -0.4 is 4.90 Å². The fourth-order valence-electron chi connectivity index (χ4n) is 3.25. The van der Waals surface area contributed by atoms with Crippen LogP contribution in [0.3, 0.4) is 0 Å². The molecular weight excluding hydrogens is 387 g/mol. The van der Waals surface area contributed by atoms with Crippen LogP contribution in [0.5, 0.6) is 0 Å². The number of thiophene rings is 1. The molecule has 0 N–H and O–H groups in total. The van der Waals surface area contributed by atoms with E-state index < -0.39 is 6.43 Å². The summed E-state index contributed by atoms with van der Waals surface area (Å²) in [6.07, 6.45) is -0.692. The Morgan fingerprint density at radius 1 is 0.964 bits per heavy atom. The highest BCUT2D eigenvalue weighted by Gasteiger charge is 2.21. The number of benzene rings is 1. The van der Waals surface area contributed by atoms with Crippen LogP contribution in [0.15, 0.2) is 46.4 Å². The van der Waals surface area contributed by atoms with E-state index in [0.717, 1.165) is 48.1 Å². The molecule has 0 spiro atoms. The Kier molecular flexibility index (Phi) is 5.52. The first-order valence-electron chi connectivity index (χ1n) is 9.03. The summed E-state index contributed by atoms with van der Waals surface area (Å²) in [6.45, 7) is 4.19. The minimum absolute atomic E-state index is 0.0900. The van der Waals surface area contributed by atoms with Crippen LogP contribution in [0, 0.1) is 5.82 Å². The summed E-state index contributed by atoms with van der Waals surface area (Å²) in [5.41, 5.74) is 1.01. The van der Waals surface area contributed by atoms with Crippen LogP contribution in [0.4, 0.5) is 18.9 Å². The van der Waals surface area contributed by atoms with E-state index in [1.807, 2.05) is 4.90 Å². The summed E-state index contributed by atoms with van der Waals surface area (Å²) in [4.78, 5) is 16.2. The lowest BCUT2D eigenvalue weighted by atomic mass is 10.2. The second-order valence-corrected chi connectivity index (χ2v) is 7.85. The summed E-state index contributed by atoms with van der Waals surface area (Å²) in [5, 5.41) is 0. The van der Waals surface area contributed by atoms with E-state index in [9.17, 15) is 13.2 Å². The molecule has 4 rings (SSSR count). The third-order valence-corrected chi connectivity index (χ3v) is 5.82. The van der Waals surface area contributed by atoms with Gasteiger partial charge >= 0.3 is 0 Å². The van der Waals surface area contributed by atoms with Gasteiger partial charge in [-0.25, -0.2) is 23.2 Å². The molecule has 0 amide bonds. The van der Waals surface area contributed by atoms with E-state index in [0.29, 0.717) is 19.2 Å². The summed E-state index contributed by atoms with van der Waals surface area (Å²) < 4.78 is 38.5. The van der Waals surface area contributed by atoms with Gasteiger partial charge in [-0.05, 0) is 36.4 Å². The average Bonchev–Trinajstić information content (AvgIpc) is 3.18. The number of alkyl halides is 2. The van der Waals surface area contributed by atoms with Crippen molar-refractivity contribution in [2.75, 3.05) is 37.7 Å². The van der Waals surface area contributed by atoms with Gasteiger partial charge in [-0.15, -0.1) is 11.3 Å². The second-order valence-electron chi connectivity index (χ2n) is 6.65. The lowest BCUT2D eigenvalue weighted by Crippen LogP contribution is -2.49. The molecular formula is C19H20F3N5S. The second kappa shape index (κ2) is 8.22. The van der Waals surface area contributed by atoms with Gasteiger partial charge in [0.05, 0.1) is 17.8 Å². The zero-order valence-corrected chi connectivity index (χ0v) is 16.0. The lowest BCUT2D eigenvalue weighted by molar-refractivity contribution is 0.155. The van der Waals surface area contributed by atoms with Crippen LogP contribution in [-0.2, 0) is 6.54 Å². The van der Waals surface area contributed by atoms with E-state index in [4.69, 9.17) is 0 Å². The van der Waals surface area contributed by atoms with Gasteiger partial charge in [0.1, 0.15) is 12.5 Å². The number of rotatable bonds is 4. The fourth-order valence-corrected chi connectivity index (χ4v) is 4.15. The minimum atomic E-state index is -2.42. The monoisotopic (exact) mass is 407 g/mol. The highest BCUT2D eigenvalue weighted by molar-refractivity contribution is 7.12. The number of aliphatic imine (C=N–C) groups is 2. The predicted molar refractivity (Wildman–Crippen MR) is 106 cm³/mol. The summed E-state index contributed by atoms with van der Waals surface area (Å²) in [6, 6.07) is 9.74. The standard InChI is InChI=1S/C19H20F3N5S/c20-14-1-3-15(4-2-14)26-7-9-27(10-8-26)19-23-12-25(13-24-19)11-16-5-6-17(28-16)18(21)22/h1-6,12,18H,7-11,13H2. The van der Waals surface area contributed by atoms with Gasteiger partial charge in [-0.3, -0.25) is 0 Å². The maximum absolute atomic E-state index is 13.1. The molecule has 0 saturated carbocycles. The zero-order valence-electron chi connectivity index (χ0n) is 15.1. The average molecular weight is 407 g/mol. The van der Waals surface area contributed by atoms with Crippen LogP contribution in [0.1, 0.15) is 16.2 Å². The molecule has 1 fully saturated rings. The molecule has 0 unspecified atom stereocenters. The van der Waals surface area contributed by atoms with Crippen LogP contribution >= 0.6 is 11.3 Å². The Morgan fingerprint density at radius 2 is 1.68 bits per heavy atom. The van der Waals surface area contributed by atoms with Crippen LogP contribution in [0.25, 0.3) is 0 Å². The Hall–Kier alpha value is -2.55. The van der Waals surface area contributed by atoms with E-state index in [2.05, 4.69) is 19.8 Å². The van der Waals surface area contributed by atoms with Crippen molar-refractivity contribution in [2.24, 2.45) is 9.98 Å². The number of halogens is 3. The molecule has 28 heavy (non-hydrogen) atoms. The number of guanidine groups is 1. The molecule has 0 atom stereocenters. The van der Waals surface area contributed by atoms with Gasteiger partial charge in [0.25, 0.3) is 6.43 Å². The van der Waals surface area contributed by atoms with Crippen molar-refractivity contribution in [3.8, 4) is 0 Å². The fraction of sp³-hybridized carbons (Fsp3) is 0.368. The zero-order chi connectivity index (χ0) is 19.5. The summed E-state index contributed by atoms with van der Waals surface area (Å²) in [7, 11) is 0. The molecule has 5 nitrogen and oxygen atoms in total. The molecule has 1 saturated heterocycles. The molecule has 0 bridgehead atoms. The highest BCUT2D eigenvalue weighted by Crippen LogP contribution is 2.27. The minimum Gasteiger partial charge on any atom is -0.368 e. The van der Waals surface area contributed by atoms with E-state index >= 15 is 0 Å². The molecule has 0 radical (unpaired) electrons. The van der Waals surface area contributed by atoms with Gasteiger partial charge in [0.2, 0.25) is 5.96 Å². The molecule has 148 valence electrons. The lowest BCUT2D eigenvalue weighted by Gasteiger charge is -2.37. The Labute approximate surface area is 165 Å². The molecule has 3 heterocycles. The topological polar surface area (TPSA) is 34.4 Å². The number of hydrogen-bond acceptors (Lipinski definition) is 6. The molecule has 2 aromatic rings. The third kappa shape index (κ3) is 4.30. The molecule has 2 aliphatic heterocycles. The first kappa shape index (κ1) is 18.8. The molecule has 0 aliphatic carbocycles. The van der Waals surface area contributed by atoms with Crippen LogP contribution in [-0.4, -0.2) is 54.9 Å². The summed E-state index contributed by atoms with van der Waals surface area (Å²) in [5.74, 6) is 0.472. The quantitative estimate of drug-likeness (QED) is 0.773. The number of nitrogens with zero attached hydrogens (tertiary/aromatic N) is 5. The van der Waals surface area contributed by atoms with E-state index in [-0.39, 0.29) is 10.7 Å². The van der Waals surface area contributed by atoms with Gasteiger partial charge in [0, 0.05) is 36.7 Å². The highest BCUT2D eigenvalue weighted by atomic mass is 32.1. The first-order chi connectivity index (χ1) is 13.6. The van der Waals surface area contributed by atoms with Crippen molar-refractivity contribution in [1.29, 1.82) is 0 Å². The predicted octanol–water partition coefficient (Wildman–Crippen LogP) is 3.80. The number of piperazine rings is 1. The summed E-state index contributed by atoms with van der Waals surface area (Å²) >= 11 is 1.12. The maximum Gasteiger partial charge on any atom is 0.272 e. The Morgan fingerprint density at radius 3 is 2.29 bits per heavy atom. The van der Waals surface area contributed by atoms with Crippen molar-refractivity contribution >= 4 is 29.3 Å². The van der Waals surface area contributed by atoms with Gasteiger partial charge < -0.3 is 14.7 Å². The van der Waals surface area contributed by atoms with Crippen molar-refractivity contribution in [3.05, 3.63) is 52.0 Å². The normalized spacial score (nSPS) is 17.4.